The first-order chi connectivity index (χ1) is 24.5. The minimum Gasteiger partial charge on any atom is -0.251 e. The maximum atomic E-state index is 5.42. The van der Waals surface area contributed by atoms with E-state index in [0.717, 1.165) is 50.9 Å². The number of aromatic nitrogens is 2. The largest absolute Gasteiger partial charge is 2.00 e. The van der Waals surface area contributed by atoms with E-state index in [1.54, 1.807) is 5.57 Å². The van der Waals surface area contributed by atoms with Gasteiger partial charge < -0.3 is 0 Å². The van der Waals surface area contributed by atoms with Gasteiger partial charge in [-0.1, -0.05) is 66.3 Å². The van der Waals surface area contributed by atoms with Crippen LogP contribution in [-0.2, 0) is 22.2 Å². The van der Waals surface area contributed by atoms with E-state index in [1.165, 1.54) is 55.0 Å². The van der Waals surface area contributed by atoms with Crippen LogP contribution in [0.5, 0.6) is 0 Å². The Kier molecular flexibility index (Phi) is 9.63. The molecule has 256 valence electrons. The number of para-hydroxylation sites is 2. The van der Waals surface area contributed by atoms with Crippen LogP contribution in [0.1, 0.15) is 43.5 Å². The van der Waals surface area contributed by atoms with Crippen LogP contribution in [0, 0.1) is 35.5 Å². The molecular formula is C46H44FeN2P2. The summed E-state index contributed by atoms with van der Waals surface area (Å²) in [5, 5.41) is 1.71. The van der Waals surface area contributed by atoms with Gasteiger partial charge in [0, 0.05) is 10.8 Å². The third kappa shape index (κ3) is 6.06. The number of allylic oxidation sites excluding steroid dienone is 10. The van der Waals surface area contributed by atoms with Gasteiger partial charge in [-0.25, -0.2) is 12.1 Å². The molecule has 5 aromatic rings. The second-order valence-corrected chi connectivity index (χ2v) is 16.4. The number of hydrogen-bond acceptors (Lipinski definition) is 2. The quantitative estimate of drug-likeness (QED) is 0.102. The molecule has 6 aliphatic rings. The predicted molar refractivity (Wildman–Crippen MR) is 216 cm³/mol. The summed E-state index contributed by atoms with van der Waals surface area (Å²) in [7, 11) is 6.52. The Bertz CT molecular complexity index is 2110. The number of hydrogen-bond donors (Lipinski definition) is 0. The van der Waals surface area contributed by atoms with Crippen molar-refractivity contribution < 1.29 is 17.1 Å². The Morgan fingerprint density at radius 1 is 0.745 bits per heavy atom. The molecule has 2 aromatic heterocycles. The fourth-order valence-electron chi connectivity index (χ4n) is 10.3. The van der Waals surface area contributed by atoms with Crippen molar-refractivity contribution in [1.82, 2.24) is 9.97 Å². The van der Waals surface area contributed by atoms with Crippen molar-refractivity contribution in [1.29, 1.82) is 0 Å². The van der Waals surface area contributed by atoms with Crippen molar-refractivity contribution in [2.24, 2.45) is 29.1 Å². The van der Waals surface area contributed by atoms with Gasteiger partial charge in [-0.2, -0.15) is 18.2 Å². The van der Waals surface area contributed by atoms with Crippen molar-refractivity contribution in [2.75, 3.05) is 6.16 Å². The third-order valence-corrected chi connectivity index (χ3v) is 13.7. The van der Waals surface area contributed by atoms with Crippen LogP contribution in [0.15, 0.2) is 162 Å². The number of rotatable bonds is 5. The van der Waals surface area contributed by atoms with Gasteiger partial charge in [0.25, 0.3) is 0 Å². The summed E-state index contributed by atoms with van der Waals surface area (Å²) in [4.78, 5) is 10.8. The van der Waals surface area contributed by atoms with Crippen molar-refractivity contribution in [3.63, 3.8) is 0 Å². The molecule has 5 atom stereocenters. The van der Waals surface area contributed by atoms with Gasteiger partial charge in [0.2, 0.25) is 0 Å². The molecule has 0 radical (unpaired) electrons. The number of nitrogens with zero attached hydrogens (tertiary/aromatic N) is 2. The van der Waals surface area contributed by atoms with Gasteiger partial charge in [0.05, 0.1) is 27.6 Å². The smallest absolute Gasteiger partial charge is 0.251 e. The van der Waals surface area contributed by atoms with Crippen LogP contribution in [0.4, 0.5) is 0 Å². The molecule has 2 nitrogen and oxygen atoms in total. The van der Waals surface area contributed by atoms with Crippen LogP contribution in [-0.4, -0.2) is 16.1 Å². The van der Waals surface area contributed by atoms with E-state index < -0.39 is 5.16 Å². The second kappa shape index (κ2) is 14.2. The molecule has 11 rings (SSSR count). The number of benzene rings is 2. The Labute approximate surface area is 318 Å². The fourth-order valence-corrected chi connectivity index (χ4v) is 11.7. The third-order valence-electron chi connectivity index (χ3n) is 12.3. The van der Waals surface area contributed by atoms with Gasteiger partial charge >= 0.3 is 17.1 Å². The molecule has 4 bridgehead atoms. The zero-order valence-electron chi connectivity index (χ0n) is 28.8. The summed E-state index contributed by atoms with van der Waals surface area (Å²) < 4.78 is 0. The molecule has 6 aliphatic carbocycles. The number of fused-ring (bicyclic) bond motifs is 2. The maximum absolute atomic E-state index is 5.42. The Morgan fingerprint density at radius 2 is 1.37 bits per heavy atom. The molecule has 5 heteroatoms. The molecule has 0 N–H and O–H groups in total. The summed E-state index contributed by atoms with van der Waals surface area (Å²) in [6.45, 7) is 0. The molecule has 5 unspecified atom stereocenters. The molecule has 2 heterocycles. The molecule has 0 spiro atoms. The second-order valence-electron chi connectivity index (χ2n) is 15.1. The van der Waals surface area contributed by atoms with Crippen molar-refractivity contribution >= 4 is 40.3 Å². The van der Waals surface area contributed by atoms with E-state index >= 15 is 0 Å². The number of pyridine rings is 2. The van der Waals surface area contributed by atoms with Gasteiger partial charge in [0.15, 0.2) is 0 Å². The van der Waals surface area contributed by atoms with Gasteiger partial charge in [-0.3, -0.25) is 9.97 Å². The molecule has 51 heavy (non-hydrogen) atoms. The Morgan fingerprint density at radius 3 is 1.92 bits per heavy atom. The molecule has 3 aromatic carbocycles. The molecule has 4 fully saturated rings. The average Bonchev–Trinajstić information content (AvgIpc) is 3.90. The van der Waals surface area contributed by atoms with Crippen LogP contribution in [0.2, 0.25) is 0 Å². The van der Waals surface area contributed by atoms with Crippen molar-refractivity contribution in [2.45, 2.75) is 37.3 Å². The van der Waals surface area contributed by atoms with E-state index in [1.807, 2.05) is 30.3 Å². The normalized spacial score (nSPS) is 27.4. The maximum Gasteiger partial charge on any atom is 2.00 e. The van der Waals surface area contributed by atoms with Crippen LogP contribution in [0.3, 0.4) is 0 Å². The van der Waals surface area contributed by atoms with E-state index in [2.05, 4.69) is 134 Å². The Hall–Kier alpha value is -3.44. The minimum atomic E-state index is -0.620. The monoisotopic (exact) mass is 742 g/mol. The zero-order valence-corrected chi connectivity index (χ0v) is 32.2. The van der Waals surface area contributed by atoms with Crippen LogP contribution in [0.25, 0.3) is 21.8 Å². The summed E-state index contributed by atoms with van der Waals surface area (Å²) in [5.74, 6) is 3.20. The standard InChI is InChI=1S/C41H39N2P2.C5H5.Fe/c44-25-35-32-19-26-18-27(20-32)24-40(35,23-26)33-21-31(28-8-2-1-3-9-28)22-34(33)41(45,38-16-14-29-10-4-6-12-36(29)42-38)39-17-15-30-11-5-7-13-37(30)43-39;1-2-4-5-3-1;/h1-17,21-22,26-27,32,35H,18-20,23-25,44-45H2;1-5H;/q2*-1;+2. The Balaban J connectivity index is 0.000000576. The molecular weight excluding hydrogens is 698 g/mol. The minimum absolute atomic E-state index is 0. The molecule has 0 saturated heterocycles. The van der Waals surface area contributed by atoms with Crippen LogP contribution >= 0.6 is 18.5 Å². The van der Waals surface area contributed by atoms with Crippen molar-refractivity contribution in [3.05, 3.63) is 180 Å². The zero-order chi connectivity index (χ0) is 33.7. The summed E-state index contributed by atoms with van der Waals surface area (Å²) in [6, 6.07) is 36.0. The van der Waals surface area contributed by atoms with E-state index in [0.29, 0.717) is 5.92 Å². The first kappa shape index (κ1) is 34.6. The first-order valence-corrected chi connectivity index (χ1v) is 19.7. The average molecular weight is 743 g/mol. The summed E-state index contributed by atoms with van der Waals surface area (Å²) >= 11 is 0. The van der Waals surface area contributed by atoms with Gasteiger partial charge in [-0.15, -0.1) is 54.8 Å². The molecule has 4 saturated carbocycles. The van der Waals surface area contributed by atoms with E-state index in [4.69, 9.17) is 9.97 Å². The fraction of sp³-hybridized carbons (Fsp3) is 0.261. The van der Waals surface area contributed by atoms with Gasteiger partial charge in [-0.05, 0) is 103 Å². The molecule has 0 amide bonds. The predicted octanol–water partition coefficient (Wildman–Crippen LogP) is 11.1. The first-order valence-electron chi connectivity index (χ1n) is 18.3. The van der Waals surface area contributed by atoms with E-state index in [9.17, 15) is 0 Å². The van der Waals surface area contributed by atoms with Crippen molar-refractivity contribution in [3.8, 4) is 0 Å². The summed E-state index contributed by atoms with van der Waals surface area (Å²) in [6.07, 6.45) is 24.1. The van der Waals surface area contributed by atoms with Crippen LogP contribution < -0.4 is 0 Å². The van der Waals surface area contributed by atoms with Gasteiger partial charge in [0.1, 0.15) is 0 Å². The SMILES string of the molecule is PCC1C2CC3CC(C2)CC1(C1=CC(=C2C=CC=C[CH-]2)C=C1C(P)(c1ccc2ccccc2n1)c1ccc2ccccc2n1)C3.[Fe+2].c1cc[cH-]c1. The van der Waals surface area contributed by atoms with E-state index in [-0.39, 0.29) is 22.5 Å². The topological polar surface area (TPSA) is 25.8 Å². The molecule has 0 aliphatic heterocycles. The summed E-state index contributed by atoms with van der Waals surface area (Å²) in [5.41, 5.74) is 9.80.